The number of rotatable bonds is 9. The predicted molar refractivity (Wildman–Crippen MR) is 149 cm³/mol. The van der Waals surface area contributed by atoms with E-state index in [1.54, 1.807) is 13.1 Å². The lowest BCUT2D eigenvalue weighted by atomic mass is 10.1. The van der Waals surface area contributed by atoms with Gasteiger partial charge in [-0.25, -0.2) is 4.99 Å². The molecule has 5 heteroatoms. The highest BCUT2D eigenvalue weighted by Gasteiger charge is 2.09. The number of H-pyrrole nitrogens is 1. The summed E-state index contributed by atoms with van der Waals surface area (Å²) in [7, 11) is 5.99. The van der Waals surface area contributed by atoms with Crippen LogP contribution < -0.4 is 10.6 Å². The first-order chi connectivity index (χ1) is 16.5. The van der Waals surface area contributed by atoms with Gasteiger partial charge in [0.15, 0.2) is 0 Å². The molecule has 5 nitrogen and oxygen atoms in total. The van der Waals surface area contributed by atoms with Gasteiger partial charge in [-0.2, -0.15) is 0 Å². The van der Waals surface area contributed by atoms with Crippen LogP contribution in [0.4, 0.5) is 0 Å². The van der Waals surface area contributed by atoms with E-state index >= 15 is 0 Å². The third kappa shape index (κ3) is 9.17. The Morgan fingerprint density at radius 3 is 2.26 bits per heavy atom. The molecule has 2 aromatic carbocycles. The molecular weight excluding hydrogens is 418 g/mol. The zero-order valence-electron chi connectivity index (χ0n) is 21.9. The van der Waals surface area contributed by atoms with E-state index in [4.69, 9.17) is 0 Å². The van der Waals surface area contributed by atoms with Crippen molar-refractivity contribution in [2.45, 2.75) is 47.2 Å². The molecule has 0 bridgehead atoms. The molecule has 0 fully saturated rings. The molecule has 0 aliphatic heterocycles. The zero-order valence-corrected chi connectivity index (χ0v) is 21.9. The number of aromatic nitrogens is 1. The van der Waals surface area contributed by atoms with E-state index in [1.807, 2.05) is 34.9 Å². The van der Waals surface area contributed by atoms with Gasteiger partial charge in [-0.15, -0.1) is 12.3 Å². The third-order valence-corrected chi connectivity index (χ3v) is 4.94. The Kier molecular flexibility index (Phi) is 13.6. The van der Waals surface area contributed by atoms with E-state index in [9.17, 15) is 0 Å². The van der Waals surface area contributed by atoms with Crippen LogP contribution in [0.2, 0.25) is 0 Å². The van der Waals surface area contributed by atoms with Crippen molar-refractivity contribution < 1.29 is 0 Å². The number of aliphatic imine (C=N–C) groups is 1. The molecule has 0 atom stereocenters. The minimum absolute atomic E-state index is 0.766. The quantitative estimate of drug-likeness (QED) is 0.284. The maximum absolute atomic E-state index is 4.60. The van der Waals surface area contributed by atoms with Crippen LogP contribution in [-0.2, 0) is 19.5 Å². The Morgan fingerprint density at radius 1 is 1.03 bits per heavy atom. The zero-order chi connectivity index (χ0) is 25.3. The number of allylic oxidation sites excluding steroid dienone is 1. The molecule has 0 amide bonds. The first-order valence-electron chi connectivity index (χ1n) is 11.8. The Morgan fingerprint density at radius 2 is 1.68 bits per heavy atom. The van der Waals surface area contributed by atoms with Crippen molar-refractivity contribution in [1.29, 1.82) is 0 Å². The van der Waals surface area contributed by atoms with Gasteiger partial charge in [-0.05, 0) is 55.6 Å². The van der Waals surface area contributed by atoms with E-state index in [0.29, 0.717) is 0 Å². The SMILES string of the molecule is C#CC.C/C=N\C(NC)=C(/Cc1cc2cc(CN(C)Cc3ccccc3)ccc2[nH]1)NC.CC. The van der Waals surface area contributed by atoms with Crippen LogP contribution >= 0.6 is 0 Å². The minimum atomic E-state index is 0.766. The van der Waals surface area contributed by atoms with Crippen molar-refractivity contribution in [3.63, 3.8) is 0 Å². The van der Waals surface area contributed by atoms with E-state index in [0.717, 1.165) is 42.2 Å². The first kappa shape index (κ1) is 28.5. The van der Waals surface area contributed by atoms with Crippen molar-refractivity contribution in [2.75, 3.05) is 21.1 Å². The molecule has 0 spiro atoms. The lowest BCUT2D eigenvalue weighted by Gasteiger charge is -2.16. The first-order valence-corrected chi connectivity index (χ1v) is 11.8. The third-order valence-electron chi connectivity index (χ3n) is 4.94. The highest BCUT2D eigenvalue weighted by molar-refractivity contribution is 5.81. The summed E-state index contributed by atoms with van der Waals surface area (Å²) in [6.45, 7) is 9.43. The van der Waals surface area contributed by atoms with E-state index in [1.165, 1.54) is 16.5 Å². The van der Waals surface area contributed by atoms with Gasteiger partial charge in [0.25, 0.3) is 0 Å². The topological polar surface area (TPSA) is 55.5 Å². The number of aromatic amines is 1. The van der Waals surface area contributed by atoms with Crippen molar-refractivity contribution >= 4 is 17.1 Å². The normalized spacial score (nSPS) is 11.1. The number of hydrogen-bond donors (Lipinski definition) is 3. The second-order valence-corrected chi connectivity index (χ2v) is 7.55. The molecule has 1 aromatic heterocycles. The Balaban J connectivity index is 0.00000107. The van der Waals surface area contributed by atoms with Crippen LogP contribution in [0, 0.1) is 12.3 Å². The van der Waals surface area contributed by atoms with Crippen molar-refractivity contribution in [2.24, 2.45) is 4.99 Å². The standard InChI is InChI=1S/C24H31N5.C3H4.C2H6/c1-5-27-24(26-3)23(25-2)15-21-14-20-13-19(11-12-22(20)28-21)17-29(4)16-18-9-7-6-8-10-18;1-3-2;1-2/h5-14,25-26,28H,15-17H2,1-4H3;1H,2H3;1-2H3/b24-23+,27-5-;;. The number of fused-ring (bicyclic) bond motifs is 1. The van der Waals surface area contributed by atoms with Crippen LogP contribution in [0.1, 0.15) is 44.5 Å². The van der Waals surface area contributed by atoms with E-state index in [-0.39, 0.29) is 0 Å². The van der Waals surface area contributed by atoms with Crippen molar-refractivity contribution in [3.05, 3.63) is 82.9 Å². The molecule has 0 saturated heterocycles. The lowest BCUT2D eigenvalue weighted by Crippen LogP contribution is -2.18. The van der Waals surface area contributed by atoms with Crippen molar-refractivity contribution in [3.8, 4) is 12.3 Å². The van der Waals surface area contributed by atoms with Gasteiger partial charge in [-0.3, -0.25) is 4.90 Å². The molecular formula is C29H41N5. The summed E-state index contributed by atoms with van der Waals surface area (Å²) >= 11 is 0. The van der Waals surface area contributed by atoms with Crippen LogP contribution in [0.3, 0.4) is 0 Å². The largest absolute Gasteiger partial charge is 0.388 e. The summed E-state index contributed by atoms with van der Waals surface area (Å²) in [5.41, 5.74) is 6.03. The molecule has 182 valence electrons. The molecule has 0 radical (unpaired) electrons. The Labute approximate surface area is 206 Å². The highest BCUT2D eigenvalue weighted by atomic mass is 15.1. The van der Waals surface area contributed by atoms with Crippen molar-refractivity contribution in [1.82, 2.24) is 20.5 Å². The Bertz CT molecular complexity index is 1070. The van der Waals surface area contributed by atoms with Gasteiger partial charge >= 0.3 is 0 Å². The molecule has 3 aromatic rings. The lowest BCUT2D eigenvalue weighted by molar-refractivity contribution is 0.319. The summed E-state index contributed by atoms with van der Waals surface area (Å²) in [5.74, 6) is 3.11. The number of benzene rings is 2. The van der Waals surface area contributed by atoms with Crippen LogP contribution in [0.15, 0.2) is 71.1 Å². The number of likely N-dealkylation sites (N-methyl/N-ethyl adjacent to an activating group) is 1. The second-order valence-electron chi connectivity index (χ2n) is 7.55. The van der Waals surface area contributed by atoms with Gasteiger partial charge in [0.2, 0.25) is 0 Å². The van der Waals surface area contributed by atoms with Gasteiger partial charge in [-0.1, -0.05) is 50.2 Å². The summed E-state index contributed by atoms with van der Waals surface area (Å²) in [4.78, 5) is 10.3. The molecule has 3 rings (SSSR count). The fraction of sp³-hybridized carbons (Fsp3) is 0.345. The number of nitrogens with zero attached hydrogens (tertiary/aromatic N) is 2. The van der Waals surface area contributed by atoms with Gasteiger partial charge in [0.1, 0.15) is 5.82 Å². The molecule has 34 heavy (non-hydrogen) atoms. The summed E-state index contributed by atoms with van der Waals surface area (Å²) < 4.78 is 0. The molecule has 0 aliphatic carbocycles. The highest BCUT2D eigenvalue weighted by Crippen LogP contribution is 2.20. The number of nitrogens with one attached hydrogen (secondary N) is 3. The van der Waals surface area contributed by atoms with Gasteiger partial charge < -0.3 is 15.6 Å². The smallest absolute Gasteiger partial charge is 0.144 e. The molecule has 0 unspecified atom stereocenters. The average Bonchev–Trinajstić information content (AvgIpc) is 3.25. The number of hydrogen-bond acceptors (Lipinski definition) is 4. The molecule has 0 aliphatic rings. The second kappa shape index (κ2) is 16.2. The van der Waals surface area contributed by atoms with Gasteiger partial charge in [0.05, 0.1) is 5.70 Å². The van der Waals surface area contributed by atoms with Gasteiger partial charge in [0, 0.05) is 51.0 Å². The maximum atomic E-state index is 4.60. The molecule has 0 saturated carbocycles. The minimum Gasteiger partial charge on any atom is -0.388 e. The Hall–Kier alpha value is -3.49. The summed E-state index contributed by atoms with van der Waals surface area (Å²) in [5, 5.41) is 7.67. The van der Waals surface area contributed by atoms with Crippen LogP contribution in [0.5, 0.6) is 0 Å². The summed E-state index contributed by atoms with van der Waals surface area (Å²) in [6, 6.07) is 19.5. The average molecular weight is 460 g/mol. The number of terminal acetylenes is 1. The molecule has 1 heterocycles. The maximum Gasteiger partial charge on any atom is 0.144 e. The van der Waals surface area contributed by atoms with E-state index < -0.39 is 0 Å². The monoisotopic (exact) mass is 459 g/mol. The predicted octanol–water partition coefficient (Wildman–Crippen LogP) is 5.71. The molecule has 3 N–H and O–H groups in total. The summed E-state index contributed by atoms with van der Waals surface area (Å²) in [6.07, 6.45) is 7.16. The van der Waals surface area contributed by atoms with Crippen LogP contribution in [-0.4, -0.2) is 37.2 Å². The fourth-order valence-electron chi connectivity index (χ4n) is 3.60. The fourth-order valence-corrected chi connectivity index (χ4v) is 3.60. The van der Waals surface area contributed by atoms with E-state index in [2.05, 4.69) is 99.5 Å². The van der Waals surface area contributed by atoms with Crippen LogP contribution in [0.25, 0.3) is 10.9 Å².